The van der Waals surface area contributed by atoms with Crippen molar-refractivity contribution < 1.29 is 17.9 Å². The molecule has 0 N–H and O–H groups in total. The van der Waals surface area contributed by atoms with E-state index in [1.54, 1.807) is 0 Å². The van der Waals surface area contributed by atoms with Crippen LogP contribution < -0.4 is 4.74 Å². The number of hydrogen-bond acceptors (Lipinski definition) is 1. The molecule has 0 fully saturated rings. The SMILES string of the molecule is FC(F)(F)c1ccc(OCCCI)cc1. The van der Waals surface area contributed by atoms with Crippen LogP contribution in [0.25, 0.3) is 0 Å². The summed E-state index contributed by atoms with van der Waals surface area (Å²) in [6.07, 6.45) is -3.39. The van der Waals surface area contributed by atoms with E-state index in [9.17, 15) is 13.2 Å². The van der Waals surface area contributed by atoms with Crippen LogP contribution in [0.1, 0.15) is 12.0 Å². The highest BCUT2D eigenvalue weighted by atomic mass is 127. The standard InChI is InChI=1S/C10H10F3IO/c11-10(12,13)8-2-4-9(5-3-8)15-7-1-6-14/h2-5H,1,6-7H2. The Morgan fingerprint density at radius 1 is 1.13 bits per heavy atom. The van der Waals surface area contributed by atoms with Crippen LogP contribution in [0.2, 0.25) is 0 Å². The number of alkyl halides is 4. The molecule has 0 aliphatic rings. The first-order chi connectivity index (χ1) is 7.04. The summed E-state index contributed by atoms with van der Waals surface area (Å²) in [5.41, 5.74) is -0.649. The number of halogens is 4. The average Bonchev–Trinajstić information content (AvgIpc) is 2.18. The zero-order chi connectivity index (χ0) is 11.3. The Bertz CT molecular complexity index is 295. The van der Waals surface area contributed by atoms with Gasteiger partial charge in [-0.05, 0) is 30.7 Å². The van der Waals surface area contributed by atoms with Crippen LogP contribution in [-0.2, 0) is 6.18 Å². The molecule has 0 heterocycles. The monoisotopic (exact) mass is 330 g/mol. The van der Waals surface area contributed by atoms with Crippen molar-refractivity contribution in [2.24, 2.45) is 0 Å². The van der Waals surface area contributed by atoms with Gasteiger partial charge < -0.3 is 4.74 Å². The summed E-state index contributed by atoms with van der Waals surface area (Å²) in [6.45, 7) is 0.536. The summed E-state index contributed by atoms with van der Waals surface area (Å²) in [7, 11) is 0. The van der Waals surface area contributed by atoms with E-state index in [1.807, 2.05) is 0 Å². The lowest BCUT2D eigenvalue weighted by Crippen LogP contribution is -2.04. The lowest BCUT2D eigenvalue weighted by molar-refractivity contribution is -0.137. The van der Waals surface area contributed by atoms with Gasteiger partial charge in [0, 0.05) is 4.43 Å². The lowest BCUT2D eigenvalue weighted by atomic mass is 10.2. The second kappa shape index (κ2) is 5.58. The van der Waals surface area contributed by atoms with Gasteiger partial charge in [-0.25, -0.2) is 0 Å². The van der Waals surface area contributed by atoms with Gasteiger partial charge >= 0.3 is 6.18 Å². The largest absolute Gasteiger partial charge is 0.494 e. The molecule has 0 aromatic heterocycles. The minimum Gasteiger partial charge on any atom is -0.494 e. The van der Waals surface area contributed by atoms with E-state index in [0.717, 1.165) is 23.0 Å². The molecule has 1 aromatic carbocycles. The molecule has 0 aliphatic heterocycles. The predicted molar refractivity (Wildman–Crippen MR) is 60.4 cm³/mol. The molecule has 0 radical (unpaired) electrons. The minimum absolute atomic E-state index is 0.479. The quantitative estimate of drug-likeness (QED) is 0.462. The van der Waals surface area contributed by atoms with E-state index in [0.29, 0.717) is 12.4 Å². The molecule has 0 saturated heterocycles. The summed E-state index contributed by atoms with van der Waals surface area (Å²) in [6, 6.07) is 4.74. The van der Waals surface area contributed by atoms with E-state index in [4.69, 9.17) is 4.74 Å². The van der Waals surface area contributed by atoms with E-state index >= 15 is 0 Å². The Labute approximate surface area is 99.8 Å². The first-order valence-corrected chi connectivity index (χ1v) is 5.92. The Kier molecular flexibility index (Phi) is 4.69. The second-order valence-corrected chi connectivity index (χ2v) is 3.99. The van der Waals surface area contributed by atoms with Crippen molar-refractivity contribution in [2.45, 2.75) is 12.6 Å². The van der Waals surface area contributed by atoms with Crippen molar-refractivity contribution in [2.75, 3.05) is 11.0 Å². The normalized spacial score (nSPS) is 11.5. The van der Waals surface area contributed by atoms with E-state index in [2.05, 4.69) is 22.6 Å². The van der Waals surface area contributed by atoms with Crippen molar-refractivity contribution in [3.05, 3.63) is 29.8 Å². The highest BCUT2D eigenvalue weighted by Crippen LogP contribution is 2.30. The van der Waals surface area contributed by atoms with Gasteiger partial charge in [0.05, 0.1) is 12.2 Å². The molecule has 1 aromatic rings. The topological polar surface area (TPSA) is 9.23 Å². The fourth-order valence-electron chi connectivity index (χ4n) is 0.985. The highest BCUT2D eigenvalue weighted by Gasteiger charge is 2.29. The van der Waals surface area contributed by atoms with Gasteiger partial charge in [-0.2, -0.15) is 13.2 Å². The fourth-order valence-corrected chi connectivity index (χ4v) is 1.30. The Morgan fingerprint density at radius 3 is 2.20 bits per heavy atom. The van der Waals surface area contributed by atoms with Crippen LogP contribution in [0.4, 0.5) is 13.2 Å². The number of benzene rings is 1. The molecule has 0 saturated carbocycles. The lowest BCUT2D eigenvalue weighted by Gasteiger charge is -2.08. The number of ether oxygens (including phenoxy) is 1. The van der Waals surface area contributed by atoms with Gasteiger partial charge in [0.15, 0.2) is 0 Å². The fraction of sp³-hybridized carbons (Fsp3) is 0.400. The maximum atomic E-state index is 12.2. The average molecular weight is 330 g/mol. The Morgan fingerprint density at radius 2 is 1.73 bits per heavy atom. The summed E-state index contributed by atoms with van der Waals surface area (Å²) in [5, 5.41) is 0. The maximum Gasteiger partial charge on any atom is 0.416 e. The smallest absolute Gasteiger partial charge is 0.416 e. The molecule has 84 valence electrons. The van der Waals surface area contributed by atoms with E-state index in [1.165, 1.54) is 12.1 Å². The van der Waals surface area contributed by atoms with Gasteiger partial charge in [-0.3, -0.25) is 0 Å². The molecular formula is C10H10F3IO. The van der Waals surface area contributed by atoms with Crippen LogP contribution in [0.15, 0.2) is 24.3 Å². The van der Waals surface area contributed by atoms with Crippen LogP contribution in [0, 0.1) is 0 Å². The van der Waals surface area contributed by atoms with Crippen molar-refractivity contribution in [1.29, 1.82) is 0 Å². The number of rotatable bonds is 4. The van der Waals surface area contributed by atoms with Gasteiger partial charge in [0.2, 0.25) is 0 Å². The third-order valence-corrected chi connectivity index (χ3v) is 2.49. The molecule has 0 amide bonds. The zero-order valence-corrected chi connectivity index (χ0v) is 10.0. The molecular weight excluding hydrogens is 320 g/mol. The van der Waals surface area contributed by atoms with Crippen LogP contribution >= 0.6 is 22.6 Å². The third-order valence-electron chi connectivity index (χ3n) is 1.73. The van der Waals surface area contributed by atoms with E-state index < -0.39 is 11.7 Å². The zero-order valence-electron chi connectivity index (χ0n) is 7.85. The molecule has 0 bridgehead atoms. The van der Waals surface area contributed by atoms with Crippen molar-refractivity contribution in [3.63, 3.8) is 0 Å². The van der Waals surface area contributed by atoms with Gasteiger partial charge in [-0.15, -0.1) is 0 Å². The minimum atomic E-state index is -4.28. The summed E-state index contributed by atoms with van der Waals surface area (Å²) >= 11 is 2.22. The molecule has 5 heteroatoms. The molecule has 0 spiro atoms. The summed E-state index contributed by atoms with van der Waals surface area (Å²) < 4.78 is 42.8. The molecule has 0 atom stereocenters. The Hall–Kier alpha value is -0.460. The summed E-state index contributed by atoms with van der Waals surface area (Å²) in [5.74, 6) is 0.479. The first kappa shape index (κ1) is 12.6. The van der Waals surface area contributed by atoms with Crippen molar-refractivity contribution in [3.8, 4) is 5.75 Å². The molecule has 15 heavy (non-hydrogen) atoms. The van der Waals surface area contributed by atoms with Gasteiger partial charge in [0.1, 0.15) is 5.75 Å². The predicted octanol–water partition coefficient (Wildman–Crippen LogP) is 3.91. The molecule has 1 rings (SSSR count). The molecule has 0 unspecified atom stereocenters. The molecule has 1 nitrogen and oxygen atoms in total. The van der Waals surface area contributed by atoms with Crippen LogP contribution in [-0.4, -0.2) is 11.0 Å². The van der Waals surface area contributed by atoms with Crippen molar-refractivity contribution in [1.82, 2.24) is 0 Å². The van der Waals surface area contributed by atoms with E-state index in [-0.39, 0.29) is 0 Å². The second-order valence-electron chi connectivity index (χ2n) is 2.91. The number of hydrogen-bond donors (Lipinski definition) is 0. The first-order valence-electron chi connectivity index (χ1n) is 4.40. The van der Waals surface area contributed by atoms with Crippen LogP contribution in [0.3, 0.4) is 0 Å². The van der Waals surface area contributed by atoms with Crippen LogP contribution in [0.5, 0.6) is 5.75 Å². The van der Waals surface area contributed by atoms with Gasteiger partial charge in [-0.1, -0.05) is 22.6 Å². The maximum absolute atomic E-state index is 12.2. The van der Waals surface area contributed by atoms with Crippen molar-refractivity contribution >= 4 is 22.6 Å². The third kappa shape index (κ3) is 4.27. The van der Waals surface area contributed by atoms with Gasteiger partial charge in [0.25, 0.3) is 0 Å². The molecule has 0 aliphatic carbocycles. The Balaban J connectivity index is 2.57. The highest BCUT2D eigenvalue weighted by molar-refractivity contribution is 14.1. The summed E-state index contributed by atoms with van der Waals surface area (Å²) in [4.78, 5) is 0.